The molecule has 1 heterocycles. The molecule has 0 bridgehead atoms. The maximum atomic E-state index is 12.7. The first-order chi connectivity index (χ1) is 13.0. The van der Waals surface area contributed by atoms with Gasteiger partial charge in [0.2, 0.25) is 0 Å². The van der Waals surface area contributed by atoms with Crippen LogP contribution in [0.25, 0.3) is 6.08 Å². The van der Waals surface area contributed by atoms with E-state index in [1.807, 2.05) is 44.2 Å². The minimum Gasteiger partial charge on any atom is -0.465 e. The smallest absolute Gasteiger partial charge is 0.337 e. The second kappa shape index (κ2) is 8.22. The van der Waals surface area contributed by atoms with E-state index < -0.39 is 0 Å². The molecule has 2 aromatic carbocycles. The number of nitrogens with zero attached hydrogens (tertiary/aromatic N) is 2. The van der Waals surface area contributed by atoms with E-state index in [1.165, 1.54) is 18.9 Å². The fourth-order valence-corrected chi connectivity index (χ4v) is 3.65. The zero-order chi connectivity index (χ0) is 19.4. The van der Waals surface area contributed by atoms with Crippen molar-refractivity contribution in [3.8, 4) is 0 Å². The molecule has 0 spiro atoms. The number of thioether (sulfide) groups is 1. The molecule has 0 aliphatic carbocycles. The van der Waals surface area contributed by atoms with E-state index in [-0.39, 0.29) is 11.9 Å². The molecule has 0 atom stereocenters. The van der Waals surface area contributed by atoms with Crippen LogP contribution in [0.1, 0.15) is 28.4 Å². The van der Waals surface area contributed by atoms with Crippen molar-refractivity contribution in [3.05, 3.63) is 70.1 Å². The van der Waals surface area contributed by atoms with Gasteiger partial charge in [-0.3, -0.25) is 9.69 Å². The first-order valence-electron chi connectivity index (χ1n) is 8.57. The van der Waals surface area contributed by atoms with Crippen molar-refractivity contribution in [1.29, 1.82) is 0 Å². The van der Waals surface area contributed by atoms with E-state index in [2.05, 4.69) is 4.99 Å². The number of likely N-dealkylation sites (N-methyl/N-ethyl adjacent to an activating group) is 1. The van der Waals surface area contributed by atoms with Crippen molar-refractivity contribution in [2.75, 3.05) is 13.7 Å². The van der Waals surface area contributed by atoms with Gasteiger partial charge < -0.3 is 4.74 Å². The standard InChI is InChI=1S/C21H20N2O3S/c1-4-23-19(24)18(13-15-7-9-16(10-8-15)20(25)26-3)27-21(23)22-17-11-5-14(2)6-12-17/h5-13H,4H2,1-3H3/b18-13+,22-21?. The summed E-state index contributed by atoms with van der Waals surface area (Å²) in [5.74, 6) is -0.449. The number of hydrogen-bond donors (Lipinski definition) is 0. The molecule has 0 radical (unpaired) electrons. The van der Waals surface area contributed by atoms with Gasteiger partial charge in [-0.1, -0.05) is 29.8 Å². The Morgan fingerprint density at radius 1 is 1.15 bits per heavy atom. The Balaban J connectivity index is 1.86. The second-order valence-corrected chi connectivity index (χ2v) is 7.01. The number of ether oxygens (including phenoxy) is 1. The fraction of sp³-hybridized carbons (Fsp3) is 0.190. The van der Waals surface area contributed by atoms with E-state index >= 15 is 0 Å². The summed E-state index contributed by atoms with van der Waals surface area (Å²) in [5, 5.41) is 0.670. The SMILES string of the molecule is CCN1C(=O)/C(=C\c2ccc(C(=O)OC)cc2)SC1=Nc1ccc(C)cc1. The highest BCUT2D eigenvalue weighted by atomic mass is 32.2. The summed E-state index contributed by atoms with van der Waals surface area (Å²) in [6.07, 6.45) is 1.81. The lowest BCUT2D eigenvalue weighted by atomic mass is 10.1. The summed E-state index contributed by atoms with van der Waals surface area (Å²) >= 11 is 1.36. The topological polar surface area (TPSA) is 59.0 Å². The van der Waals surface area contributed by atoms with Crippen LogP contribution in [0.4, 0.5) is 5.69 Å². The molecule has 0 saturated carbocycles. The number of carbonyl (C=O) groups is 2. The van der Waals surface area contributed by atoms with Crippen molar-refractivity contribution in [2.45, 2.75) is 13.8 Å². The van der Waals surface area contributed by atoms with Gasteiger partial charge in [0.15, 0.2) is 5.17 Å². The highest BCUT2D eigenvalue weighted by Crippen LogP contribution is 2.34. The molecule has 0 N–H and O–H groups in total. The van der Waals surface area contributed by atoms with Crippen LogP contribution in [-0.2, 0) is 9.53 Å². The van der Waals surface area contributed by atoms with Crippen molar-refractivity contribution >= 4 is 40.6 Å². The molecule has 0 aromatic heterocycles. The van der Waals surface area contributed by atoms with Gasteiger partial charge in [0, 0.05) is 6.54 Å². The molecule has 5 nitrogen and oxygen atoms in total. The monoisotopic (exact) mass is 380 g/mol. The molecule has 1 saturated heterocycles. The third kappa shape index (κ3) is 4.28. The number of aryl methyl sites for hydroxylation is 1. The van der Waals surface area contributed by atoms with Crippen molar-refractivity contribution in [1.82, 2.24) is 4.90 Å². The van der Waals surface area contributed by atoms with E-state index in [9.17, 15) is 9.59 Å². The number of carbonyl (C=O) groups excluding carboxylic acids is 2. The minimum absolute atomic E-state index is 0.0644. The van der Waals surface area contributed by atoms with Crippen molar-refractivity contribution in [2.24, 2.45) is 4.99 Å². The Morgan fingerprint density at radius 3 is 2.41 bits per heavy atom. The Hall–Kier alpha value is -2.86. The van der Waals surface area contributed by atoms with E-state index in [0.717, 1.165) is 16.8 Å². The zero-order valence-electron chi connectivity index (χ0n) is 15.4. The molecule has 2 aromatic rings. The lowest BCUT2D eigenvalue weighted by Gasteiger charge is -2.12. The molecule has 3 rings (SSSR count). The summed E-state index contributed by atoms with van der Waals surface area (Å²) < 4.78 is 4.70. The molecule has 1 fully saturated rings. The van der Waals surface area contributed by atoms with Gasteiger partial charge in [-0.2, -0.15) is 0 Å². The van der Waals surface area contributed by atoms with Gasteiger partial charge in [0.1, 0.15) is 0 Å². The van der Waals surface area contributed by atoms with Crippen LogP contribution < -0.4 is 0 Å². The predicted molar refractivity (Wildman–Crippen MR) is 109 cm³/mol. The molecule has 1 aliphatic heterocycles. The Bertz CT molecular complexity index is 915. The highest BCUT2D eigenvalue weighted by molar-refractivity contribution is 8.18. The number of hydrogen-bond acceptors (Lipinski definition) is 5. The molecular weight excluding hydrogens is 360 g/mol. The first kappa shape index (κ1) is 18.9. The van der Waals surface area contributed by atoms with Crippen LogP contribution >= 0.6 is 11.8 Å². The van der Waals surface area contributed by atoms with Gasteiger partial charge in [0.05, 0.1) is 23.3 Å². The lowest BCUT2D eigenvalue weighted by molar-refractivity contribution is -0.122. The van der Waals surface area contributed by atoms with Gasteiger partial charge in [-0.15, -0.1) is 0 Å². The average Bonchev–Trinajstić information content (AvgIpc) is 2.97. The zero-order valence-corrected chi connectivity index (χ0v) is 16.2. The Morgan fingerprint density at radius 2 is 1.81 bits per heavy atom. The third-order valence-electron chi connectivity index (χ3n) is 4.09. The van der Waals surface area contributed by atoms with Crippen LogP contribution in [0.3, 0.4) is 0 Å². The number of amidine groups is 1. The summed E-state index contributed by atoms with van der Waals surface area (Å²) in [4.78, 5) is 31.1. The molecule has 1 aliphatic rings. The molecule has 1 amide bonds. The maximum absolute atomic E-state index is 12.7. The third-order valence-corrected chi connectivity index (χ3v) is 5.10. The number of benzene rings is 2. The van der Waals surface area contributed by atoms with Crippen LogP contribution in [-0.4, -0.2) is 35.6 Å². The molecule has 6 heteroatoms. The predicted octanol–water partition coefficient (Wildman–Crippen LogP) is 4.41. The van der Waals surface area contributed by atoms with Gasteiger partial charge in [0.25, 0.3) is 5.91 Å². The molecule has 27 heavy (non-hydrogen) atoms. The normalized spacial score (nSPS) is 17.0. The number of esters is 1. The summed E-state index contributed by atoms with van der Waals surface area (Å²) in [5.41, 5.74) is 3.29. The Labute approximate surface area is 162 Å². The largest absolute Gasteiger partial charge is 0.465 e. The minimum atomic E-state index is -0.384. The quantitative estimate of drug-likeness (QED) is 0.582. The van der Waals surface area contributed by atoms with E-state index in [1.54, 1.807) is 29.2 Å². The van der Waals surface area contributed by atoms with E-state index in [0.29, 0.717) is 22.2 Å². The fourth-order valence-electron chi connectivity index (χ4n) is 2.58. The van der Waals surface area contributed by atoms with Crippen LogP contribution in [0, 0.1) is 6.92 Å². The molecule has 0 unspecified atom stereocenters. The lowest BCUT2D eigenvalue weighted by Crippen LogP contribution is -2.28. The highest BCUT2D eigenvalue weighted by Gasteiger charge is 2.32. The average molecular weight is 380 g/mol. The van der Waals surface area contributed by atoms with Crippen LogP contribution in [0.5, 0.6) is 0 Å². The number of amides is 1. The van der Waals surface area contributed by atoms with E-state index in [4.69, 9.17) is 4.74 Å². The van der Waals surface area contributed by atoms with Crippen molar-refractivity contribution < 1.29 is 14.3 Å². The van der Waals surface area contributed by atoms with Crippen molar-refractivity contribution in [3.63, 3.8) is 0 Å². The molecular formula is C21H20N2O3S. The van der Waals surface area contributed by atoms with Crippen LogP contribution in [0.2, 0.25) is 0 Å². The van der Waals surface area contributed by atoms with Crippen LogP contribution in [0.15, 0.2) is 58.4 Å². The number of rotatable bonds is 4. The Kier molecular flexibility index (Phi) is 5.76. The molecule has 138 valence electrons. The number of methoxy groups -OCH3 is 1. The van der Waals surface area contributed by atoms with Gasteiger partial charge in [-0.25, -0.2) is 9.79 Å². The van der Waals surface area contributed by atoms with Gasteiger partial charge >= 0.3 is 5.97 Å². The first-order valence-corrected chi connectivity index (χ1v) is 9.38. The summed E-state index contributed by atoms with van der Waals surface area (Å²) in [6, 6.07) is 14.8. The summed E-state index contributed by atoms with van der Waals surface area (Å²) in [6.45, 7) is 4.50. The van der Waals surface area contributed by atoms with Gasteiger partial charge in [-0.05, 0) is 61.5 Å². The summed E-state index contributed by atoms with van der Waals surface area (Å²) in [7, 11) is 1.35. The maximum Gasteiger partial charge on any atom is 0.337 e. The second-order valence-electron chi connectivity index (χ2n) is 6.00. The number of aliphatic imine (C=N–C) groups is 1.